The number of aliphatic hydroxyl groups is 2. The zero-order valence-corrected chi connectivity index (χ0v) is 24.3. The van der Waals surface area contributed by atoms with Gasteiger partial charge in [0.1, 0.15) is 35.9 Å². The van der Waals surface area contributed by atoms with E-state index in [9.17, 15) is 37.4 Å². The molecule has 5 N–H and O–H groups in total. The third-order valence-corrected chi connectivity index (χ3v) is 7.64. The van der Waals surface area contributed by atoms with E-state index in [1.807, 2.05) is 0 Å². The van der Waals surface area contributed by atoms with Crippen LogP contribution >= 0.6 is 0 Å². The summed E-state index contributed by atoms with van der Waals surface area (Å²) < 4.78 is 74.7. The number of aliphatic hydroxyl groups excluding tert-OH is 1. The fourth-order valence-corrected chi connectivity index (χ4v) is 4.69. The number of nitrogens with two attached hydrogens (primary N) is 1. The molecule has 0 bridgehead atoms. The highest BCUT2D eigenvalue weighted by Crippen LogP contribution is 2.47. The van der Waals surface area contributed by atoms with Gasteiger partial charge < -0.3 is 35.5 Å². The largest absolute Gasteiger partial charge is 0.489 e. The first-order valence-corrected chi connectivity index (χ1v) is 14.1. The molecule has 2 aromatic carbocycles. The van der Waals surface area contributed by atoms with Crippen molar-refractivity contribution in [2.75, 3.05) is 19.8 Å². The molecule has 0 unspecified atom stereocenters. The fourth-order valence-electron chi connectivity index (χ4n) is 4.69. The molecular weight excluding hydrogens is 602 g/mol. The van der Waals surface area contributed by atoms with Gasteiger partial charge in [-0.1, -0.05) is 0 Å². The summed E-state index contributed by atoms with van der Waals surface area (Å²) in [6, 6.07) is 9.53. The van der Waals surface area contributed by atoms with Crippen LogP contribution in [0.15, 0.2) is 48.5 Å². The van der Waals surface area contributed by atoms with Gasteiger partial charge in [-0.15, -0.1) is 0 Å². The second kappa shape index (κ2) is 11.8. The molecule has 0 radical (unpaired) electrons. The lowest BCUT2D eigenvalue weighted by atomic mass is 9.81. The molecule has 3 aromatic rings. The number of primary amides is 1. The standard InChI is InChI=1S/C31H31F4N3O7/c1-16(39)13-43-22-10-5-18(11-23(22)45-20-8-9-20)27(40)37-14-30(42,31(33,34)35)24-12-21-26(44-15-29(21,2)28(36)41)25(38-24)17-3-6-19(32)7-4-17/h3-7,10-12,16,20,39,42H,8-9,13-15H2,1-2H3,(H2,36,41)(H,37,40)/t16-,29+,30+/m1/s1. The van der Waals surface area contributed by atoms with E-state index < -0.39 is 53.2 Å². The topological polar surface area (TPSA) is 153 Å². The van der Waals surface area contributed by atoms with Crippen LogP contribution in [-0.2, 0) is 15.8 Å². The Kier molecular flexibility index (Phi) is 8.40. The van der Waals surface area contributed by atoms with Crippen molar-refractivity contribution < 1.29 is 51.6 Å². The van der Waals surface area contributed by atoms with Crippen molar-refractivity contribution in [2.45, 2.75) is 56.1 Å². The third-order valence-electron chi connectivity index (χ3n) is 7.64. The van der Waals surface area contributed by atoms with E-state index in [4.69, 9.17) is 19.9 Å². The Labute approximate surface area is 255 Å². The number of hydrogen-bond donors (Lipinski definition) is 4. The van der Waals surface area contributed by atoms with Crippen LogP contribution in [0.25, 0.3) is 11.3 Å². The number of pyridine rings is 1. The van der Waals surface area contributed by atoms with Crippen molar-refractivity contribution in [1.29, 1.82) is 0 Å². The van der Waals surface area contributed by atoms with Crippen LogP contribution in [0.2, 0.25) is 0 Å². The van der Waals surface area contributed by atoms with Gasteiger partial charge in [-0.3, -0.25) is 9.59 Å². The van der Waals surface area contributed by atoms with E-state index in [0.29, 0.717) is 0 Å². The fraction of sp³-hybridized carbons (Fsp3) is 0.387. The Bertz CT molecular complexity index is 1610. The maximum Gasteiger partial charge on any atom is 0.424 e. The number of hydrogen-bond acceptors (Lipinski definition) is 8. The molecule has 1 fully saturated rings. The van der Waals surface area contributed by atoms with Gasteiger partial charge in [0.15, 0.2) is 11.5 Å². The number of nitrogens with one attached hydrogen (secondary N) is 1. The summed E-state index contributed by atoms with van der Waals surface area (Å²) >= 11 is 0. The highest BCUT2D eigenvalue weighted by atomic mass is 19.4. The lowest BCUT2D eigenvalue weighted by Crippen LogP contribution is -2.51. The predicted molar refractivity (Wildman–Crippen MR) is 151 cm³/mol. The Morgan fingerprint density at radius 2 is 1.84 bits per heavy atom. The number of benzene rings is 2. The Hall–Kier alpha value is -4.43. The maximum absolute atomic E-state index is 14.7. The van der Waals surface area contributed by atoms with Gasteiger partial charge in [-0.05, 0) is 75.2 Å². The van der Waals surface area contributed by atoms with Crippen molar-refractivity contribution in [3.8, 4) is 28.5 Å². The summed E-state index contributed by atoms with van der Waals surface area (Å²) in [6.07, 6.45) is -4.71. The van der Waals surface area contributed by atoms with Gasteiger partial charge >= 0.3 is 6.18 Å². The summed E-state index contributed by atoms with van der Waals surface area (Å²) in [6.45, 7) is 1.17. The van der Waals surface area contributed by atoms with Gasteiger partial charge in [0.05, 0.1) is 24.4 Å². The monoisotopic (exact) mass is 633 g/mol. The Balaban J connectivity index is 1.50. The number of carbonyl (C=O) groups excluding carboxylic acids is 2. The molecule has 3 atom stereocenters. The molecule has 2 heterocycles. The summed E-state index contributed by atoms with van der Waals surface area (Å²) in [5.74, 6) is -2.10. The number of alkyl halides is 3. The summed E-state index contributed by atoms with van der Waals surface area (Å²) in [7, 11) is 0. The van der Waals surface area contributed by atoms with E-state index in [2.05, 4.69) is 10.3 Å². The smallest absolute Gasteiger partial charge is 0.424 e. The van der Waals surface area contributed by atoms with Crippen LogP contribution in [0, 0.1) is 5.82 Å². The van der Waals surface area contributed by atoms with Crippen molar-refractivity contribution in [3.63, 3.8) is 0 Å². The minimum Gasteiger partial charge on any atom is -0.489 e. The molecule has 2 aliphatic rings. The Morgan fingerprint density at radius 3 is 2.44 bits per heavy atom. The molecule has 0 saturated heterocycles. The molecule has 240 valence electrons. The average Bonchev–Trinajstić information content (AvgIpc) is 3.74. The van der Waals surface area contributed by atoms with Crippen LogP contribution in [0.5, 0.6) is 17.2 Å². The van der Waals surface area contributed by atoms with E-state index in [-0.39, 0.29) is 59.0 Å². The van der Waals surface area contributed by atoms with Gasteiger partial charge in [0, 0.05) is 16.7 Å². The lowest BCUT2D eigenvalue weighted by Gasteiger charge is -2.31. The third kappa shape index (κ3) is 6.38. The van der Waals surface area contributed by atoms with Crippen LogP contribution in [-0.4, -0.2) is 65.2 Å². The van der Waals surface area contributed by atoms with Crippen molar-refractivity contribution in [1.82, 2.24) is 10.3 Å². The number of fused-ring (bicyclic) bond motifs is 1. The van der Waals surface area contributed by atoms with Gasteiger partial charge in [-0.2, -0.15) is 13.2 Å². The molecule has 1 saturated carbocycles. The van der Waals surface area contributed by atoms with E-state index >= 15 is 0 Å². The number of halogens is 4. The number of aromatic nitrogens is 1. The minimum absolute atomic E-state index is 0.0405. The van der Waals surface area contributed by atoms with Gasteiger partial charge in [-0.25, -0.2) is 9.37 Å². The van der Waals surface area contributed by atoms with Crippen LogP contribution in [0.1, 0.15) is 48.3 Å². The first-order chi connectivity index (χ1) is 21.1. The number of nitrogens with zero attached hydrogens (tertiary/aromatic N) is 1. The van der Waals surface area contributed by atoms with Crippen molar-refractivity contribution in [3.05, 3.63) is 71.2 Å². The number of amides is 2. The molecule has 1 aliphatic carbocycles. The lowest BCUT2D eigenvalue weighted by molar-refractivity contribution is -0.265. The molecule has 5 rings (SSSR count). The highest BCUT2D eigenvalue weighted by Gasteiger charge is 2.57. The molecule has 1 aromatic heterocycles. The first-order valence-electron chi connectivity index (χ1n) is 14.1. The molecular formula is C31H31F4N3O7. The summed E-state index contributed by atoms with van der Waals surface area (Å²) in [5.41, 5.74) is -0.839. The number of carbonyl (C=O) groups is 2. The normalized spacial score (nSPS) is 19.6. The van der Waals surface area contributed by atoms with Crippen LogP contribution in [0.3, 0.4) is 0 Å². The summed E-state index contributed by atoms with van der Waals surface area (Å²) in [5, 5.41) is 22.9. The number of rotatable bonds is 11. The van der Waals surface area contributed by atoms with Crippen LogP contribution in [0.4, 0.5) is 17.6 Å². The van der Waals surface area contributed by atoms with Gasteiger partial charge in [0.25, 0.3) is 5.91 Å². The molecule has 14 heteroatoms. The minimum atomic E-state index is -5.37. The SMILES string of the molecule is C[C@@H](O)COc1ccc(C(=O)NC[C@](O)(c2cc3c(c(-c4ccc(F)cc4)n2)OC[C@]3(C)C(N)=O)C(F)(F)F)cc1OC1CC1. The predicted octanol–water partition coefficient (Wildman–Crippen LogP) is 3.50. The molecule has 2 amide bonds. The van der Waals surface area contributed by atoms with E-state index in [1.165, 1.54) is 44.2 Å². The average molecular weight is 634 g/mol. The number of ether oxygens (including phenoxy) is 3. The second-order valence-electron chi connectivity index (χ2n) is 11.4. The van der Waals surface area contributed by atoms with Crippen molar-refractivity contribution >= 4 is 11.8 Å². The molecule has 0 spiro atoms. The van der Waals surface area contributed by atoms with Crippen molar-refractivity contribution in [2.24, 2.45) is 5.73 Å². The zero-order chi connectivity index (χ0) is 32.7. The van der Waals surface area contributed by atoms with Crippen LogP contribution < -0.4 is 25.3 Å². The summed E-state index contributed by atoms with van der Waals surface area (Å²) in [4.78, 5) is 29.6. The highest BCUT2D eigenvalue weighted by molar-refractivity contribution is 5.95. The first kappa shape index (κ1) is 32.0. The molecule has 10 nitrogen and oxygen atoms in total. The molecule has 1 aliphatic heterocycles. The Morgan fingerprint density at radius 1 is 1.16 bits per heavy atom. The zero-order valence-electron chi connectivity index (χ0n) is 24.3. The van der Waals surface area contributed by atoms with E-state index in [1.54, 1.807) is 0 Å². The quantitative estimate of drug-likeness (QED) is 0.234. The van der Waals surface area contributed by atoms with Gasteiger partial charge in [0.2, 0.25) is 11.5 Å². The van der Waals surface area contributed by atoms with E-state index in [0.717, 1.165) is 31.0 Å². The molecule has 45 heavy (non-hydrogen) atoms. The second-order valence-corrected chi connectivity index (χ2v) is 11.4. The maximum atomic E-state index is 14.7.